The average molecular weight is 351 g/mol. The Hall–Kier alpha value is -1.63. The van der Waals surface area contributed by atoms with Crippen molar-refractivity contribution in [2.45, 2.75) is 31.4 Å². The van der Waals surface area contributed by atoms with E-state index in [1.54, 1.807) is 6.20 Å². The molecule has 0 spiro atoms. The van der Waals surface area contributed by atoms with Crippen LogP contribution in [0.15, 0.2) is 30.5 Å². The fourth-order valence-corrected chi connectivity index (χ4v) is 3.32. The summed E-state index contributed by atoms with van der Waals surface area (Å²) in [5.74, 6) is -0.150. The fourth-order valence-electron chi connectivity index (χ4n) is 2.81. The van der Waals surface area contributed by atoms with Crippen LogP contribution in [0.2, 0.25) is 5.02 Å². The zero-order chi connectivity index (χ0) is 16.6. The summed E-state index contributed by atoms with van der Waals surface area (Å²) in [5.41, 5.74) is 9.31. The van der Waals surface area contributed by atoms with Crippen LogP contribution in [0.1, 0.15) is 41.0 Å². The number of benzene rings is 1. The van der Waals surface area contributed by atoms with Crippen LogP contribution < -0.4 is 16.0 Å². The first-order valence-corrected chi connectivity index (χ1v) is 8.37. The molecule has 4 N–H and O–H groups in total. The molecule has 5 nitrogen and oxygen atoms in total. The second kappa shape index (κ2) is 6.47. The number of rotatable bonds is 4. The first-order chi connectivity index (χ1) is 11.0. The lowest BCUT2D eigenvalue weighted by atomic mass is 9.98. The first-order valence-electron chi connectivity index (χ1n) is 7.48. The third kappa shape index (κ3) is 3.06. The van der Waals surface area contributed by atoms with Crippen molar-refractivity contribution in [3.8, 4) is 0 Å². The molecule has 1 aliphatic rings. The van der Waals surface area contributed by atoms with Gasteiger partial charge in [-0.1, -0.05) is 24.6 Å². The molecule has 0 saturated carbocycles. The molecule has 2 heterocycles. The van der Waals surface area contributed by atoms with Gasteiger partial charge in [0.1, 0.15) is 11.2 Å². The molecule has 3 rings (SSSR count). The number of carbonyl (C=O) groups excluding carboxylic acids is 1. The lowest BCUT2D eigenvalue weighted by Crippen LogP contribution is -2.49. The van der Waals surface area contributed by atoms with E-state index in [4.69, 9.17) is 17.3 Å². The summed E-state index contributed by atoms with van der Waals surface area (Å²) in [5, 5.41) is 3.50. The van der Waals surface area contributed by atoms with Gasteiger partial charge < -0.3 is 20.9 Å². The van der Waals surface area contributed by atoms with Crippen LogP contribution in [0.3, 0.4) is 0 Å². The number of fused-ring (bicyclic) bond motifs is 1. The summed E-state index contributed by atoms with van der Waals surface area (Å²) in [6.07, 6.45) is 2.58. The number of nitrogens with zero attached hydrogens (tertiary/aromatic N) is 1. The molecule has 0 radical (unpaired) electrons. The van der Waals surface area contributed by atoms with Gasteiger partial charge in [-0.3, -0.25) is 4.79 Å². The van der Waals surface area contributed by atoms with Crippen LogP contribution >= 0.6 is 24.2 Å². The molecule has 122 valence electrons. The quantitative estimate of drug-likeness (QED) is 0.640. The van der Waals surface area contributed by atoms with Crippen LogP contribution in [0, 0.1) is 0 Å². The predicted octanol–water partition coefficient (Wildman–Crippen LogP) is 3.04. The van der Waals surface area contributed by atoms with Gasteiger partial charge in [0.05, 0.1) is 5.69 Å². The van der Waals surface area contributed by atoms with Gasteiger partial charge in [-0.15, -0.1) is 12.6 Å². The van der Waals surface area contributed by atoms with E-state index in [-0.39, 0.29) is 11.9 Å². The molecule has 1 unspecified atom stereocenters. The Balaban J connectivity index is 1.97. The summed E-state index contributed by atoms with van der Waals surface area (Å²) < 4.78 is 0. The maximum absolute atomic E-state index is 12.0. The van der Waals surface area contributed by atoms with Crippen molar-refractivity contribution in [2.24, 2.45) is 5.73 Å². The molecule has 2 atom stereocenters. The van der Waals surface area contributed by atoms with Crippen LogP contribution in [-0.4, -0.2) is 16.4 Å². The van der Waals surface area contributed by atoms with Gasteiger partial charge in [0.15, 0.2) is 0 Å². The van der Waals surface area contributed by atoms with Crippen molar-refractivity contribution in [1.82, 2.24) is 10.3 Å². The number of H-pyrrole nitrogens is 1. The summed E-state index contributed by atoms with van der Waals surface area (Å²) >= 11 is 10.6. The van der Waals surface area contributed by atoms with E-state index in [0.717, 1.165) is 23.2 Å². The van der Waals surface area contributed by atoms with Crippen molar-refractivity contribution >= 4 is 35.8 Å². The SMILES string of the molecule is CC[C@@H](N)c1cc(Cl)ccc1CN1c2cc[nH]c2C(=O)NC1S. The standard InChI is InChI=1S/C16H19ClN4OS/c1-2-12(18)11-7-10(17)4-3-9(11)8-21-13-5-6-19-14(13)15(22)20-16(21)23/h3-7,12,16,19,23H,2,8,18H2,1H3,(H,20,22)/t12-,16?/m1/s1. The van der Waals surface area contributed by atoms with Gasteiger partial charge in [0.2, 0.25) is 0 Å². The Morgan fingerprint density at radius 3 is 2.96 bits per heavy atom. The number of amides is 1. The molecule has 1 aromatic heterocycles. The van der Waals surface area contributed by atoms with Crippen LogP contribution in [-0.2, 0) is 6.54 Å². The minimum Gasteiger partial charge on any atom is -0.355 e. The highest BCUT2D eigenvalue weighted by Crippen LogP contribution is 2.31. The van der Waals surface area contributed by atoms with E-state index in [9.17, 15) is 4.79 Å². The molecule has 0 fully saturated rings. The Bertz CT molecular complexity index is 733. The van der Waals surface area contributed by atoms with Crippen molar-refractivity contribution in [2.75, 3.05) is 4.90 Å². The zero-order valence-corrected chi connectivity index (χ0v) is 14.4. The average Bonchev–Trinajstić information content (AvgIpc) is 3.01. The van der Waals surface area contributed by atoms with Gasteiger partial charge in [0.25, 0.3) is 5.91 Å². The molecule has 0 aliphatic carbocycles. The van der Waals surface area contributed by atoms with Gasteiger partial charge in [-0.25, -0.2) is 0 Å². The summed E-state index contributed by atoms with van der Waals surface area (Å²) in [4.78, 5) is 17.0. The Morgan fingerprint density at radius 1 is 1.43 bits per heavy atom. The zero-order valence-electron chi connectivity index (χ0n) is 12.7. The Kier molecular flexibility index (Phi) is 4.57. The van der Waals surface area contributed by atoms with Crippen LogP contribution in [0.5, 0.6) is 0 Å². The minimum absolute atomic E-state index is 0.0767. The smallest absolute Gasteiger partial charge is 0.272 e. The minimum atomic E-state index is -0.396. The third-order valence-corrected chi connectivity index (χ3v) is 4.75. The van der Waals surface area contributed by atoms with E-state index in [0.29, 0.717) is 17.3 Å². The van der Waals surface area contributed by atoms with E-state index in [1.807, 2.05) is 36.1 Å². The number of nitrogens with two attached hydrogens (primary N) is 1. The van der Waals surface area contributed by atoms with Gasteiger partial charge in [0, 0.05) is 23.8 Å². The highest BCUT2D eigenvalue weighted by atomic mass is 35.5. The summed E-state index contributed by atoms with van der Waals surface area (Å²) in [6.45, 7) is 2.63. The van der Waals surface area contributed by atoms with Crippen molar-refractivity contribution in [3.63, 3.8) is 0 Å². The number of aromatic nitrogens is 1. The number of thiol groups is 1. The van der Waals surface area contributed by atoms with Gasteiger partial charge in [-0.2, -0.15) is 0 Å². The second-order valence-corrected chi connectivity index (χ2v) is 6.50. The second-order valence-electron chi connectivity index (χ2n) is 5.57. The topological polar surface area (TPSA) is 74.1 Å². The predicted molar refractivity (Wildman–Crippen MR) is 95.9 cm³/mol. The third-order valence-electron chi connectivity index (χ3n) is 4.10. The first kappa shape index (κ1) is 16.2. The summed E-state index contributed by atoms with van der Waals surface area (Å²) in [6, 6.07) is 7.56. The molecule has 23 heavy (non-hydrogen) atoms. The molecule has 2 aromatic rings. The van der Waals surface area contributed by atoms with Crippen molar-refractivity contribution < 1.29 is 4.79 Å². The van der Waals surface area contributed by atoms with Crippen LogP contribution in [0.4, 0.5) is 5.69 Å². The van der Waals surface area contributed by atoms with Crippen molar-refractivity contribution in [1.29, 1.82) is 0 Å². The van der Waals surface area contributed by atoms with Gasteiger partial charge in [-0.05, 0) is 35.7 Å². The largest absolute Gasteiger partial charge is 0.355 e. The molecule has 0 saturated heterocycles. The Labute approximate surface area is 145 Å². The van der Waals surface area contributed by atoms with E-state index in [2.05, 4.69) is 22.9 Å². The van der Waals surface area contributed by atoms with Crippen LogP contribution in [0.25, 0.3) is 0 Å². The summed E-state index contributed by atoms with van der Waals surface area (Å²) in [7, 11) is 0. The maximum Gasteiger partial charge on any atom is 0.272 e. The number of aromatic amines is 1. The highest BCUT2D eigenvalue weighted by Gasteiger charge is 2.30. The number of carbonyl (C=O) groups is 1. The number of nitrogens with one attached hydrogen (secondary N) is 2. The van der Waals surface area contributed by atoms with Gasteiger partial charge >= 0.3 is 0 Å². The molecular weight excluding hydrogens is 332 g/mol. The van der Waals surface area contributed by atoms with E-state index < -0.39 is 5.50 Å². The molecule has 1 amide bonds. The lowest BCUT2D eigenvalue weighted by molar-refractivity contribution is 0.0938. The van der Waals surface area contributed by atoms with Crippen molar-refractivity contribution in [3.05, 3.63) is 52.3 Å². The number of hydrogen-bond acceptors (Lipinski definition) is 4. The molecule has 1 aliphatic heterocycles. The maximum atomic E-state index is 12.0. The monoisotopic (exact) mass is 350 g/mol. The molecule has 7 heteroatoms. The number of halogens is 1. The lowest BCUT2D eigenvalue weighted by Gasteiger charge is -2.35. The normalized spacial score (nSPS) is 18.5. The molecule has 0 bridgehead atoms. The Morgan fingerprint density at radius 2 is 2.22 bits per heavy atom. The molecular formula is C16H19ClN4OS. The van der Waals surface area contributed by atoms with E-state index in [1.165, 1.54) is 0 Å². The number of anilines is 1. The molecule has 1 aromatic carbocycles. The number of hydrogen-bond donors (Lipinski definition) is 4. The highest BCUT2D eigenvalue weighted by molar-refractivity contribution is 7.81. The van der Waals surface area contributed by atoms with E-state index >= 15 is 0 Å². The fraction of sp³-hybridized carbons (Fsp3) is 0.312.